The molecular formula is C17H18N2O. The first kappa shape index (κ1) is 14.3. The molecule has 3 atom stereocenters. The number of rotatable bonds is 2. The Kier molecular flexibility index (Phi) is 3.66. The molecular weight excluding hydrogens is 248 g/mol. The number of hydrogen-bond acceptors (Lipinski definition) is 3. The molecule has 3 nitrogen and oxygen atoms in total. The quantitative estimate of drug-likeness (QED) is 0.772. The Labute approximate surface area is 120 Å². The van der Waals surface area contributed by atoms with Gasteiger partial charge in [-0.3, -0.25) is 0 Å². The van der Waals surface area contributed by atoms with Crippen molar-refractivity contribution < 1.29 is 4.74 Å². The molecule has 0 saturated carbocycles. The molecule has 0 fully saturated rings. The third kappa shape index (κ3) is 1.68. The molecule has 0 unspecified atom stereocenters. The maximum Gasteiger partial charge on any atom is 0.182 e. The van der Waals surface area contributed by atoms with Crippen LogP contribution in [0, 0.1) is 34.0 Å². The fourth-order valence-electron chi connectivity index (χ4n) is 3.17. The van der Waals surface area contributed by atoms with E-state index < -0.39 is 16.9 Å². The van der Waals surface area contributed by atoms with Crippen LogP contribution in [-0.4, -0.2) is 13.2 Å². The fourth-order valence-corrected chi connectivity index (χ4v) is 3.17. The summed E-state index contributed by atoms with van der Waals surface area (Å²) in [5.41, 5.74) is -0.869. The summed E-state index contributed by atoms with van der Waals surface area (Å²) in [6, 6.07) is 14.3. The lowest BCUT2D eigenvalue weighted by atomic mass is 9.52. The molecule has 1 aromatic rings. The Balaban J connectivity index is 2.74. The molecule has 0 saturated heterocycles. The van der Waals surface area contributed by atoms with Gasteiger partial charge in [0.1, 0.15) is 6.10 Å². The van der Waals surface area contributed by atoms with Gasteiger partial charge >= 0.3 is 0 Å². The van der Waals surface area contributed by atoms with E-state index >= 15 is 0 Å². The standard InChI is InChI=1S/C17H18N2O/c1-13-9-10-15(20-3)17(11-18,12-19)16(13,2)14-7-5-4-6-8-14/h4-10,13,15H,1-3H3/t13-,15+,16-/m0/s1. The molecule has 0 heterocycles. The van der Waals surface area contributed by atoms with Crippen LogP contribution in [-0.2, 0) is 10.2 Å². The van der Waals surface area contributed by atoms with Crippen LogP contribution < -0.4 is 0 Å². The summed E-state index contributed by atoms with van der Waals surface area (Å²) < 4.78 is 5.42. The van der Waals surface area contributed by atoms with Crippen molar-refractivity contribution in [2.45, 2.75) is 25.4 Å². The van der Waals surface area contributed by atoms with Gasteiger partial charge in [0.25, 0.3) is 0 Å². The van der Waals surface area contributed by atoms with Gasteiger partial charge in [0.05, 0.1) is 12.1 Å². The van der Waals surface area contributed by atoms with Crippen molar-refractivity contribution in [1.29, 1.82) is 10.5 Å². The highest BCUT2D eigenvalue weighted by Gasteiger charge is 2.59. The number of methoxy groups -OCH3 is 1. The van der Waals surface area contributed by atoms with Gasteiger partial charge in [-0.15, -0.1) is 0 Å². The van der Waals surface area contributed by atoms with E-state index in [2.05, 4.69) is 12.1 Å². The van der Waals surface area contributed by atoms with E-state index in [1.807, 2.05) is 56.3 Å². The number of nitriles is 2. The minimum atomic E-state index is -1.24. The molecule has 0 N–H and O–H groups in total. The fraction of sp³-hybridized carbons (Fsp3) is 0.412. The molecule has 0 aliphatic heterocycles. The molecule has 0 spiro atoms. The molecule has 0 amide bonds. The number of benzene rings is 1. The topological polar surface area (TPSA) is 56.8 Å². The summed E-state index contributed by atoms with van der Waals surface area (Å²) in [6.45, 7) is 4.02. The van der Waals surface area contributed by atoms with Crippen LogP contribution in [0.5, 0.6) is 0 Å². The van der Waals surface area contributed by atoms with Crippen molar-refractivity contribution in [3.8, 4) is 12.1 Å². The lowest BCUT2D eigenvalue weighted by Gasteiger charge is -2.48. The average Bonchev–Trinajstić information content (AvgIpc) is 2.51. The zero-order chi connectivity index (χ0) is 14.8. The largest absolute Gasteiger partial charge is 0.375 e. The number of ether oxygens (including phenoxy) is 1. The number of hydrogen-bond donors (Lipinski definition) is 0. The summed E-state index contributed by atoms with van der Waals surface area (Å²) in [5, 5.41) is 19.5. The van der Waals surface area contributed by atoms with Crippen molar-refractivity contribution in [3.63, 3.8) is 0 Å². The molecule has 0 radical (unpaired) electrons. The highest BCUT2D eigenvalue weighted by molar-refractivity contribution is 5.43. The van der Waals surface area contributed by atoms with E-state index in [1.165, 1.54) is 0 Å². The van der Waals surface area contributed by atoms with Gasteiger partial charge in [-0.05, 0) is 11.5 Å². The molecule has 1 aliphatic rings. The monoisotopic (exact) mass is 266 g/mol. The van der Waals surface area contributed by atoms with Crippen molar-refractivity contribution in [2.24, 2.45) is 11.3 Å². The number of nitrogens with zero attached hydrogens (tertiary/aromatic N) is 2. The molecule has 20 heavy (non-hydrogen) atoms. The molecule has 102 valence electrons. The average molecular weight is 266 g/mol. The van der Waals surface area contributed by atoms with Crippen molar-refractivity contribution in [2.75, 3.05) is 7.11 Å². The van der Waals surface area contributed by atoms with E-state index in [1.54, 1.807) is 7.11 Å². The minimum Gasteiger partial charge on any atom is -0.375 e. The first-order chi connectivity index (χ1) is 9.56. The zero-order valence-electron chi connectivity index (χ0n) is 12.0. The predicted octanol–water partition coefficient (Wildman–Crippen LogP) is 3.20. The van der Waals surface area contributed by atoms with E-state index in [0.29, 0.717) is 0 Å². The molecule has 1 aromatic carbocycles. The first-order valence-corrected chi connectivity index (χ1v) is 6.66. The highest BCUT2D eigenvalue weighted by atomic mass is 16.5. The van der Waals surface area contributed by atoms with E-state index in [-0.39, 0.29) is 5.92 Å². The van der Waals surface area contributed by atoms with Gasteiger partial charge < -0.3 is 4.74 Å². The normalized spacial score (nSPS) is 31.2. The Morgan fingerprint density at radius 1 is 1.10 bits per heavy atom. The molecule has 0 aromatic heterocycles. The second kappa shape index (κ2) is 5.12. The van der Waals surface area contributed by atoms with E-state index in [0.717, 1.165) is 5.56 Å². The zero-order valence-corrected chi connectivity index (χ0v) is 12.0. The lowest BCUT2D eigenvalue weighted by Crippen LogP contribution is -2.55. The second-order valence-corrected chi connectivity index (χ2v) is 5.43. The Morgan fingerprint density at radius 3 is 2.20 bits per heavy atom. The van der Waals surface area contributed by atoms with E-state index in [9.17, 15) is 10.5 Å². The van der Waals surface area contributed by atoms with E-state index in [4.69, 9.17) is 4.74 Å². The highest BCUT2D eigenvalue weighted by Crippen LogP contribution is 2.52. The summed E-state index contributed by atoms with van der Waals surface area (Å²) in [5.74, 6) is 0.0654. The Morgan fingerprint density at radius 2 is 1.70 bits per heavy atom. The molecule has 2 rings (SSSR count). The van der Waals surface area contributed by atoms with Crippen LogP contribution in [0.2, 0.25) is 0 Å². The van der Waals surface area contributed by atoms with Gasteiger partial charge in [0, 0.05) is 12.5 Å². The van der Waals surface area contributed by atoms with Crippen LogP contribution in [0.4, 0.5) is 0 Å². The lowest BCUT2D eigenvalue weighted by molar-refractivity contribution is 0.0184. The van der Waals surface area contributed by atoms with Gasteiger partial charge in [0.15, 0.2) is 5.41 Å². The van der Waals surface area contributed by atoms with Gasteiger partial charge in [0.2, 0.25) is 0 Å². The summed E-state index contributed by atoms with van der Waals surface area (Å²) in [4.78, 5) is 0. The van der Waals surface area contributed by atoms with Crippen LogP contribution in [0.25, 0.3) is 0 Å². The minimum absolute atomic E-state index is 0.0654. The Hall–Kier alpha value is -2.10. The number of allylic oxidation sites excluding steroid dienone is 1. The van der Waals surface area contributed by atoms with Crippen LogP contribution >= 0.6 is 0 Å². The van der Waals surface area contributed by atoms with Crippen molar-refractivity contribution >= 4 is 0 Å². The maximum atomic E-state index is 9.77. The Bertz CT molecular complexity index is 580. The summed E-state index contributed by atoms with van der Waals surface area (Å²) in [6.07, 6.45) is 3.34. The SMILES string of the molecule is CO[C@@H]1C=C[C@H](C)[C@@](C)(c2ccccc2)C1(C#N)C#N. The van der Waals surface area contributed by atoms with Crippen LogP contribution in [0.1, 0.15) is 19.4 Å². The maximum absolute atomic E-state index is 9.77. The van der Waals surface area contributed by atoms with Crippen LogP contribution in [0.15, 0.2) is 42.5 Å². The summed E-state index contributed by atoms with van der Waals surface area (Å²) in [7, 11) is 1.54. The smallest absolute Gasteiger partial charge is 0.182 e. The molecule has 1 aliphatic carbocycles. The van der Waals surface area contributed by atoms with Crippen molar-refractivity contribution in [1.82, 2.24) is 0 Å². The third-order valence-corrected chi connectivity index (χ3v) is 4.71. The first-order valence-electron chi connectivity index (χ1n) is 6.66. The summed E-state index contributed by atoms with van der Waals surface area (Å²) >= 11 is 0. The molecule has 0 bridgehead atoms. The second-order valence-electron chi connectivity index (χ2n) is 5.43. The molecule has 3 heteroatoms. The predicted molar refractivity (Wildman–Crippen MR) is 76.6 cm³/mol. The van der Waals surface area contributed by atoms with Crippen LogP contribution in [0.3, 0.4) is 0 Å². The van der Waals surface area contributed by atoms with Gasteiger partial charge in [-0.1, -0.05) is 56.3 Å². The van der Waals surface area contributed by atoms with Crippen molar-refractivity contribution in [3.05, 3.63) is 48.0 Å². The third-order valence-electron chi connectivity index (χ3n) is 4.71. The van der Waals surface area contributed by atoms with Gasteiger partial charge in [-0.25, -0.2) is 0 Å². The van der Waals surface area contributed by atoms with Gasteiger partial charge in [-0.2, -0.15) is 10.5 Å².